The molecule has 1 saturated carbocycles. The maximum atomic E-state index is 14.5. The first-order chi connectivity index (χ1) is 29.2. The van der Waals surface area contributed by atoms with E-state index in [1.54, 1.807) is 0 Å². The molecule has 0 radical (unpaired) electrons. The first-order valence-corrected chi connectivity index (χ1v) is 25.5. The molecule has 8 bridgehead atoms. The zero-order valence-corrected chi connectivity index (χ0v) is 41.3. The van der Waals surface area contributed by atoms with E-state index in [1.807, 2.05) is 0 Å². The fourth-order valence-corrected chi connectivity index (χ4v) is 14.4. The molecule has 354 valence electrons. The van der Waals surface area contributed by atoms with Crippen LogP contribution in [0.15, 0.2) is 0 Å². The number of hydrogen-bond acceptors (Lipinski definition) is 7. The third kappa shape index (κ3) is 11.4. The van der Waals surface area contributed by atoms with Gasteiger partial charge in [-0.15, -0.1) is 5.92 Å². The van der Waals surface area contributed by atoms with Gasteiger partial charge in [-0.25, -0.2) is 0 Å². The smallest absolute Gasteiger partial charge is 0.303 e. The van der Waals surface area contributed by atoms with Gasteiger partial charge in [-0.3, -0.25) is 9.59 Å². The number of aliphatic carboxylic acids is 1. The Morgan fingerprint density at radius 3 is 1.79 bits per heavy atom. The molecule has 0 spiro atoms. The van der Waals surface area contributed by atoms with Crippen LogP contribution in [0.3, 0.4) is 0 Å². The molecule has 5 aliphatic heterocycles. The van der Waals surface area contributed by atoms with Gasteiger partial charge in [0.15, 0.2) is 0 Å². The number of carbonyl (C=O) groups is 2. The molecule has 19 atom stereocenters. The van der Waals surface area contributed by atoms with Gasteiger partial charge in [0.2, 0.25) is 5.91 Å². The Morgan fingerprint density at radius 1 is 0.645 bits per heavy atom. The van der Waals surface area contributed by atoms with E-state index in [9.17, 15) is 19.8 Å². The molecule has 11 heteroatoms. The molecule has 1 amide bonds. The fraction of sp³-hybridized carbons (Fsp3) is 0.922. The zero-order valence-electron chi connectivity index (χ0n) is 41.3. The number of aliphatic hydroxyl groups is 1. The molecule has 5 saturated heterocycles. The van der Waals surface area contributed by atoms with E-state index in [2.05, 4.69) is 122 Å². The van der Waals surface area contributed by atoms with E-state index in [1.165, 1.54) is 6.42 Å². The van der Waals surface area contributed by atoms with Gasteiger partial charge >= 0.3 is 5.97 Å². The molecule has 62 heavy (non-hydrogen) atoms. The van der Waals surface area contributed by atoms with Gasteiger partial charge in [0, 0.05) is 99.4 Å². The normalized spacial score (nSPS) is 41.6. The topological polar surface area (TPSA) is 126 Å². The van der Waals surface area contributed by atoms with E-state index >= 15 is 0 Å². The molecule has 1 aliphatic carbocycles. The van der Waals surface area contributed by atoms with Crippen LogP contribution in [0.5, 0.6) is 0 Å². The first-order valence-electron chi connectivity index (χ1n) is 25.5. The lowest BCUT2D eigenvalue weighted by Crippen LogP contribution is -2.51. The molecule has 5 heterocycles. The summed E-state index contributed by atoms with van der Waals surface area (Å²) in [7, 11) is 13.4. The first kappa shape index (κ1) is 49.6. The summed E-state index contributed by atoms with van der Waals surface area (Å²) in [5.74, 6) is 10.6. The Kier molecular flexibility index (Phi) is 16.7. The SMILES string of the molecule is CCC1C2CC3NC4C(CC(O)C4C3C)C3NC(C(C)C3CCC(=O)N(CCC[N+](C)(C)C)CCC[N+](C)(C)C)C(C#CCCCC(=O)O)C3NC(CC(N2)C1C)C(CC)C3C. The van der Waals surface area contributed by atoms with Crippen LogP contribution in [-0.2, 0) is 9.59 Å². The maximum absolute atomic E-state index is 14.5. The Labute approximate surface area is 378 Å². The highest BCUT2D eigenvalue weighted by Gasteiger charge is 2.59. The average Bonchev–Trinajstić information content (AvgIpc) is 3.95. The highest BCUT2D eigenvalue weighted by Crippen LogP contribution is 2.51. The van der Waals surface area contributed by atoms with Crippen molar-refractivity contribution >= 4 is 11.9 Å². The minimum absolute atomic E-state index is 0.0398. The number of fused-ring (bicyclic) bond motifs is 8. The van der Waals surface area contributed by atoms with Gasteiger partial charge in [0.05, 0.1) is 67.4 Å². The predicted molar refractivity (Wildman–Crippen MR) is 251 cm³/mol. The van der Waals surface area contributed by atoms with Crippen molar-refractivity contribution in [3.8, 4) is 11.8 Å². The van der Waals surface area contributed by atoms with Crippen LogP contribution < -0.4 is 21.3 Å². The van der Waals surface area contributed by atoms with Crippen LogP contribution in [-0.4, -0.2) is 159 Å². The van der Waals surface area contributed by atoms with E-state index in [4.69, 9.17) is 0 Å². The van der Waals surface area contributed by atoms with Crippen molar-refractivity contribution < 1.29 is 28.8 Å². The Hall–Kier alpha value is -1.78. The molecular weight excluding hydrogens is 775 g/mol. The molecule has 0 aromatic carbocycles. The molecule has 6 fully saturated rings. The third-order valence-electron chi connectivity index (χ3n) is 17.7. The summed E-state index contributed by atoms with van der Waals surface area (Å²) in [6, 6.07) is 2.39. The van der Waals surface area contributed by atoms with Crippen molar-refractivity contribution in [2.45, 2.75) is 173 Å². The number of quaternary nitrogens is 2. The molecular formula is C51H93N7O4+2. The van der Waals surface area contributed by atoms with Crippen LogP contribution in [0.1, 0.15) is 119 Å². The minimum atomic E-state index is -0.765. The van der Waals surface area contributed by atoms with Crippen LogP contribution in [0, 0.1) is 71.0 Å². The highest BCUT2D eigenvalue weighted by molar-refractivity contribution is 5.76. The van der Waals surface area contributed by atoms with E-state index < -0.39 is 5.97 Å². The monoisotopic (exact) mass is 868 g/mol. The molecule has 11 nitrogen and oxygen atoms in total. The lowest BCUT2D eigenvalue weighted by Gasteiger charge is -2.33. The van der Waals surface area contributed by atoms with E-state index in [0.29, 0.717) is 73.0 Å². The van der Waals surface area contributed by atoms with E-state index in [0.717, 1.165) is 80.1 Å². The molecule has 0 aromatic rings. The number of unbranched alkanes of at least 4 members (excludes halogenated alkanes) is 1. The van der Waals surface area contributed by atoms with Crippen molar-refractivity contribution in [3.05, 3.63) is 0 Å². The van der Waals surface area contributed by atoms with Crippen molar-refractivity contribution in [1.82, 2.24) is 26.2 Å². The molecule has 6 rings (SSSR count). The quantitative estimate of drug-likeness (QED) is 0.0727. The minimum Gasteiger partial charge on any atom is -0.481 e. The second kappa shape index (κ2) is 20.8. The Balaban J connectivity index is 1.34. The number of carboxylic acids is 1. The van der Waals surface area contributed by atoms with E-state index in [-0.39, 0.29) is 72.2 Å². The summed E-state index contributed by atoms with van der Waals surface area (Å²) < 4.78 is 1.79. The fourth-order valence-electron chi connectivity index (χ4n) is 14.4. The van der Waals surface area contributed by atoms with Crippen molar-refractivity contribution in [1.29, 1.82) is 0 Å². The molecule has 19 unspecified atom stereocenters. The van der Waals surface area contributed by atoms with Gasteiger partial charge in [-0.05, 0) is 79.4 Å². The number of hydrogen-bond donors (Lipinski definition) is 6. The van der Waals surface area contributed by atoms with Gasteiger partial charge < -0.3 is 45.3 Å². The summed E-state index contributed by atoms with van der Waals surface area (Å²) in [6.45, 7) is 18.2. The second-order valence-electron chi connectivity index (χ2n) is 23.7. The highest BCUT2D eigenvalue weighted by atomic mass is 16.4. The molecule has 6 aliphatic rings. The van der Waals surface area contributed by atoms with Crippen LogP contribution in [0.2, 0.25) is 0 Å². The second-order valence-corrected chi connectivity index (χ2v) is 23.7. The maximum Gasteiger partial charge on any atom is 0.303 e. The lowest BCUT2D eigenvalue weighted by molar-refractivity contribution is -0.870. The number of carboxylic acid groups (broad SMARTS) is 1. The average molecular weight is 868 g/mol. The van der Waals surface area contributed by atoms with Crippen LogP contribution in [0.25, 0.3) is 0 Å². The van der Waals surface area contributed by atoms with Gasteiger partial charge in [-0.2, -0.15) is 0 Å². The summed E-state index contributed by atoms with van der Waals surface area (Å²) in [4.78, 5) is 28.1. The molecule has 6 N–H and O–H groups in total. The Morgan fingerprint density at radius 2 is 1.19 bits per heavy atom. The van der Waals surface area contributed by atoms with Gasteiger partial charge in [0.25, 0.3) is 0 Å². The zero-order chi connectivity index (χ0) is 45.3. The standard InChI is InChI=1S/C51H92N7O4/c1-13-35-31(3)40-29-43-36(14-2)32(4)48(54-43)38(20-16-15-17-21-46(61)62)49-33(5)37(22-23-45(60)56(24-18-26-57(7,8)9)25-19-27-58(10,11)12)50(55-49)39-28-44(59)47-34(6)41(53-51(39)47)30-42(35)52-40/h31-44,47-55,59H,13-15,17-19,21-30H2,1-12H3/q+1/p+1. The van der Waals surface area contributed by atoms with Crippen LogP contribution in [0.4, 0.5) is 0 Å². The molecule has 0 aromatic heterocycles. The van der Waals surface area contributed by atoms with Crippen molar-refractivity contribution in [2.75, 3.05) is 68.5 Å². The summed E-state index contributed by atoms with van der Waals surface area (Å²) in [5, 5.41) is 38.6. The van der Waals surface area contributed by atoms with Gasteiger partial charge in [-0.1, -0.05) is 60.3 Å². The van der Waals surface area contributed by atoms with Crippen molar-refractivity contribution in [2.24, 2.45) is 59.2 Å². The number of carbonyl (C=O) groups excluding carboxylic acids is 1. The number of nitrogens with one attached hydrogen (secondary N) is 4. The summed E-state index contributed by atoms with van der Waals surface area (Å²) in [5.41, 5.74) is 0. The number of aliphatic hydroxyl groups excluding tert-OH is 1. The van der Waals surface area contributed by atoms with Gasteiger partial charge in [0.1, 0.15) is 0 Å². The number of rotatable bonds is 16. The largest absolute Gasteiger partial charge is 0.481 e. The lowest BCUT2D eigenvalue weighted by atomic mass is 9.73. The van der Waals surface area contributed by atoms with Crippen molar-refractivity contribution in [3.63, 3.8) is 0 Å². The predicted octanol–water partition coefficient (Wildman–Crippen LogP) is 5.03. The Bertz CT molecular complexity index is 1530. The summed E-state index contributed by atoms with van der Waals surface area (Å²) in [6.07, 6.45) is 9.60. The number of amides is 1. The van der Waals surface area contributed by atoms with Crippen LogP contribution >= 0.6 is 0 Å². The third-order valence-corrected chi connectivity index (χ3v) is 17.7. The summed E-state index contributed by atoms with van der Waals surface area (Å²) >= 11 is 0. The number of nitrogens with zero attached hydrogens (tertiary/aromatic N) is 3.